The molecule has 5 heteroatoms. The van der Waals surface area contributed by atoms with Gasteiger partial charge in [-0.05, 0) is 35.9 Å². The largest absolute Gasteiger partial charge is 0.383 e. The Hall–Kier alpha value is -0.550. The van der Waals surface area contributed by atoms with E-state index in [1.54, 1.807) is 0 Å². The second kappa shape index (κ2) is 4.99. The predicted octanol–water partition coefficient (Wildman–Crippen LogP) is 1.91. The first kappa shape index (κ1) is 12.5. The van der Waals surface area contributed by atoms with Crippen LogP contribution in [0.5, 0.6) is 0 Å². The number of anilines is 1. The molecule has 0 aliphatic carbocycles. The van der Waals surface area contributed by atoms with Gasteiger partial charge in [0.1, 0.15) is 5.82 Å². The number of hydrogen-bond acceptors (Lipinski definition) is 3. The fourth-order valence-corrected chi connectivity index (χ4v) is 2.05. The van der Waals surface area contributed by atoms with Crippen LogP contribution in [0.1, 0.15) is 25.5 Å². The van der Waals surface area contributed by atoms with Gasteiger partial charge in [-0.1, -0.05) is 13.8 Å². The first-order valence-electron chi connectivity index (χ1n) is 5.10. The van der Waals surface area contributed by atoms with E-state index in [1.807, 2.05) is 18.8 Å². The third-order valence-corrected chi connectivity index (χ3v) is 3.07. The van der Waals surface area contributed by atoms with Crippen LogP contribution in [0.4, 0.5) is 5.82 Å². The fraction of sp³-hybridized carbons (Fsp3) is 0.700. The van der Waals surface area contributed by atoms with Gasteiger partial charge in [-0.15, -0.1) is 0 Å². The first-order valence-corrected chi connectivity index (χ1v) is 5.89. The van der Waals surface area contributed by atoms with Crippen molar-refractivity contribution in [2.75, 3.05) is 26.4 Å². The van der Waals surface area contributed by atoms with Gasteiger partial charge in [0.2, 0.25) is 0 Å². The van der Waals surface area contributed by atoms with E-state index in [1.165, 1.54) is 0 Å². The molecule has 0 unspecified atom stereocenters. The van der Waals surface area contributed by atoms with Crippen LogP contribution in [-0.2, 0) is 6.54 Å². The molecule has 1 aromatic heterocycles. The van der Waals surface area contributed by atoms with Crippen molar-refractivity contribution in [1.82, 2.24) is 14.7 Å². The van der Waals surface area contributed by atoms with Crippen molar-refractivity contribution in [3.05, 3.63) is 10.2 Å². The van der Waals surface area contributed by atoms with Gasteiger partial charge in [-0.25, -0.2) is 4.68 Å². The normalized spacial score (nSPS) is 11.7. The molecule has 86 valence electrons. The first-order chi connectivity index (χ1) is 6.93. The molecule has 2 N–H and O–H groups in total. The van der Waals surface area contributed by atoms with Crippen molar-refractivity contribution in [3.63, 3.8) is 0 Å². The summed E-state index contributed by atoms with van der Waals surface area (Å²) in [6.45, 7) is 5.99. The number of nitrogens with two attached hydrogens (primary N) is 1. The number of halogens is 1. The van der Waals surface area contributed by atoms with Gasteiger partial charge >= 0.3 is 0 Å². The second-order valence-corrected chi connectivity index (χ2v) is 5.06. The zero-order chi connectivity index (χ0) is 11.6. The maximum atomic E-state index is 5.96. The van der Waals surface area contributed by atoms with Gasteiger partial charge in [0.15, 0.2) is 0 Å². The monoisotopic (exact) mass is 274 g/mol. The van der Waals surface area contributed by atoms with Gasteiger partial charge < -0.3 is 10.6 Å². The highest BCUT2D eigenvalue weighted by Crippen LogP contribution is 2.28. The molecule has 15 heavy (non-hydrogen) atoms. The third-order valence-electron chi connectivity index (χ3n) is 2.26. The summed E-state index contributed by atoms with van der Waals surface area (Å²) < 4.78 is 2.80. The minimum atomic E-state index is 0.391. The highest BCUT2D eigenvalue weighted by molar-refractivity contribution is 9.10. The Kier molecular flexibility index (Phi) is 4.16. The van der Waals surface area contributed by atoms with Crippen molar-refractivity contribution in [2.45, 2.75) is 26.3 Å². The molecular weight excluding hydrogens is 256 g/mol. The lowest BCUT2D eigenvalue weighted by molar-refractivity contribution is 0.374. The van der Waals surface area contributed by atoms with E-state index in [9.17, 15) is 0 Å². The molecule has 0 fully saturated rings. The molecule has 0 aliphatic heterocycles. The Labute approximate surface area is 99.6 Å². The van der Waals surface area contributed by atoms with Crippen LogP contribution >= 0.6 is 15.9 Å². The molecule has 1 aromatic rings. The maximum Gasteiger partial charge on any atom is 0.136 e. The number of rotatable bonds is 4. The number of nitrogens with zero attached hydrogens (tertiary/aromatic N) is 3. The van der Waals surface area contributed by atoms with Gasteiger partial charge in [-0.2, -0.15) is 5.10 Å². The van der Waals surface area contributed by atoms with E-state index in [-0.39, 0.29) is 0 Å². The predicted molar refractivity (Wildman–Crippen MR) is 67.0 cm³/mol. The van der Waals surface area contributed by atoms with E-state index < -0.39 is 0 Å². The number of aromatic nitrogens is 2. The molecule has 0 saturated carbocycles. The molecule has 0 spiro atoms. The van der Waals surface area contributed by atoms with Crippen LogP contribution in [-0.4, -0.2) is 35.3 Å². The lowest BCUT2D eigenvalue weighted by Gasteiger charge is -2.10. The lowest BCUT2D eigenvalue weighted by Crippen LogP contribution is -2.20. The van der Waals surface area contributed by atoms with E-state index >= 15 is 0 Å². The Morgan fingerprint density at radius 2 is 2.07 bits per heavy atom. The Morgan fingerprint density at radius 3 is 2.47 bits per heavy atom. The molecule has 0 atom stereocenters. The van der Waals surface area contributed by atoms with Gasteiger partial charge in [0.25, 0.3) is 0 Å². The molecule has 0 radical (unpaired) electrons. The van der Waals surface area contributed by atoms with E-state index in [4.69, 9.17) is 5.73 Å². The zero-order valence-electron chi connectivity index (χ0n) is 9.79. The minimum Gasteiger partial charge on any atom is -0.383 e. The number of likely N-dealkylation sites (N-methyl/N-ethyl adjacent to an activating group) is 1. The summed E-state index contributed by atoms with van der Waals surface area (Å²) >= 11 is 3.49. The molecule has 0 bridgehead atoms. The SMILES string of the molecule is CC(C)c1nn(CCN(C)C)c(N)c1Br. The molecule has 1 rings (SSSR count). The average molecular weight is 275 g/mol. The molecular formula is C10H19BrN4. The van der Waals surface area contributed by atoms with Crippen molar-refractivity contribution in [3.8, 4) is 0 Å². The molecule has 0 saturated heterocycles. The summed E-state index contributed by atoms with van der Waals surface area (Å²) in [5.74, 6) is 1.11. The standard InChI is InChI=1S/C10H19BrN4/c1-7(2)9-8(11)10(12)15(13-9)6-5-14(3)4/h7H,5-6,12H2,1-4H3. The second-order valence-electron chi connectivity index (χ2n) is 4.27. The van der Waals surface area contributed by atoms with Crippen LogP contribution in [0, 0.1) is 0 Å². The summed E-state index contributed by atoms with van der Waals surface area (Å²) in [5.41, 5.74) is 7.00. The molecule has 0 aliphatic rings. The van der Waals surface area contributed by atoms with Crippen LogP contribution in [0.15, 0.2) is 4.47 Å². The highest BCUT2D eigenvalue weighted by atomic mass is 79.9. The van der Waals surface area contributed by atoms with E-state index in [0.29, 0.717) is 5.92 Å². The molecule has 4 nitrogen and oxygen atoms in total. The maximum absolute atomic E-state index is 5.96. The minimum absolute atomic E-state index is 0.391. The van der Waals surface area contributed by atoms with E-state index in [0.717, 1.165) is 29.1 Å². The van der Waals surface area contributed by atoms with Crippen LogP contribution in [0.25, 0.3) is 0 Å². The summed E-state index contributed by atoms with van der Waals surface area (Å²) in [6, 6.07) is 0. The van der Waals surface area contributed by atoms with Crippen molar-refractivity contribution in [2.24, 2.45) is 0 Å². The lowest BCUT2D eigenvalue weighted by atomic mass is 10.1. The summed E-state index contributed by atoms with van der Waals surface area (Å²) in [6.07, 6.45) is 0. The highest BCUT2D eigenvalue weighted by Gasteiger charge is 2.15. The Balaban J connectivity index is 2.85. The van der Waals surface area contributed by atoms with E-state index in [2.05, 4.69) is 39.8 Å². The Morgan fingerprint density at radius 1 is 1.47 bits per heavy atom. The number of nitrogen functional groups attached to an aromatic ring is 1. The van der Waals surface area contributed by atoms with Crippen molar-refractivity contribution < 1.29 is 0 Å². The molecule has 0 aromatic carbocycles. The van der Waals surface area contributed by atoms with Crippen LogP contribution in [0.2, 0.25) is 0 Å². The van der Waals surface area contributed by atoms with Crippen LogP contribution in [0.3, 0.4) is 0 Å². The number of hydrogen-bond donors (Lipinski definition) is 1. The third kappa shape index (κ3) is 2.95. The van der Waals surface area contributed by atoms with Crippen molar-refractivity contribution in [1.29, 1.82) is 0 Å². The van der Waals surface area contributed by atoms with Gasteiger partial charge in [0.05, 0.1) is 16.7 Å². The van der Waals surface area contributed by atoms with Gasteiger partial charge in [0, 0.05) is 6.54 Å². The Bertz CT molecular complexity index is 330. The topological polar surface area (TPSA) is 47.1 Å². The average Bonchev–Trinajstić information content (AvgIpc) is 2.41. The summed E-state index contributed by atoms with van der Waals surface area (Å²) in [5, 5.41) is 4.50. The summed E-state index contributed by atoms with van der Waals surface area (Å²) in [4.78, 5) is 2.12. The quantitative estimate of drug-likeness (QED) is 0.913. The molecule has 1 heterocycles. The zero-order valence-corrected chi connectivity index (χ0v) is 11.4. The smallest absolute Gasteiger partial charge is 0.136 e. The van der Waals surface area contributed by atoms with Crippen molar-refractivity contribution >= 4 is 21.7 Å². The van der Waals surface area contributed by atoms with Gasteiger partial charge in [-0.3, -0.25) is 0 Å². The molecule has 0 amide bonds. The fourth-order valence-electron chi connectivity index (χ4n) is 1.31. The van der Waals surface area contributed by atoms with Crippen LogP contribution < -0.4 is 5.73 Å². The summed E-state index contributed by atoms with van der Waals surface area (Å²) in [7, 11) is 4.08.